The van der Waals surface area contributed by atoms with Crippen LogP contribution in [0, 0.1) is 11.8 Å². The Kier molecular flexibility index (Phi) is 3.36. The molecule has 1 saturated heterocycles. The topological polar surface area (TPSA) is 21.3 Å². The van der Waals surface area contributed by atoms with Crippen molar-refractivity contribution in [3.05, 3.63) is 0 Å². The summed E-state index contributed by atoms with van der Waals surface area (Å²) in [6.45, 7) is 8.92. The molecule has 0 amide bonds. The van der Waals surface area contributed by atoms with Gasteiger partial charge in [0, 0.05) is 12.6 Å². The van der Waals surface area contributed by atoms with Crippen LogP contribution in [0.1, 0.15) is 46.5 Å². The summed E-state index contributed by atoms with van der Waals surface area (Å²) in [6.07, 6.45) is 5.21. The van der Waals surface area contributed by atoms with E-state index in [1.54, 1.807) is 0 Å². The minimum atomic E-state index is 0.170. The van der Waals surface area contributed by atoms with Crippen molar-refractivity contribution < 1.29 is 4.74 Å². The molecule has 0 aromatic heterocycles. The van der Waals surface area contributed by atoms with E-state index < -0.39 is 0 Å². The Morgan fingerprint density at radius 1 is 1.27 bits per heavy atom. The molecule has 2 heteroatoms. The molecule has 1 N–H and O–H groups in total. The second-order valence-corrected chi connectivity index (χ2v) is 5.67. The lowest BCUT2D eigenvalue weighted by atomic mass is 9.71. The van der Waals surface area contributed by atoms with Crippen molar-refractivity contribution in [1.82, 2.24) is 5.32 Å². The summed E-state index contributed by atoms with van der Waals surface area (Å²) >= 11 is 0. The summed E-state index contributed by atoms with van der Waals surface area (Å²) in [5.74, 6) is 1.77. The molecule has 0 bridgehead atoms. The first kappa shape index (κ1) is 11.4. The number of hydrogen-bond acceptors (Lipinski definition) is 2. The van der Waals surface area contributed by atoms with Crippen molar-refractivity contribution in [2.24, 2.45) is 11.8 Å². The number of hydrogen-bond donors (Lipinski definition) is 1. The third-order valence-electron chi connectivity index (χ3n) is 4.55. The van der Waals surface area contributed by atoms with Gasteiger partial charge in [0.05, 0.1) is 12.2 Å². The Labute approximate surface area is 93.8 Å². The van der Waals surface area contributed by atoms with Crippen LogP contribution in [-0.4, -0.2) is 24.8 Å². The largest absolute Gasteiger partial charge is 0.372 e. The summed E-state index contributed by atoms with van der Waals surface area (Å²) in [4.78, 5) is 0. The van der Waals surface area contributed by atoms with E-state index in [9.17, 15) is 0 Å². The Bertz CT molecular complexity index is 207. The highest BCUT2D eigenvalue weighted by Crippen LogP contribution is 2.40. The van der Waals surface area contributed by atoms with Gasteiger partial charge in [-0.3, -0.25) is 0 Å². The molecular weight excluding hydrogens is 186 g/mol. The van der Waals surface area contributed by atoms with Gasteiger partial charge < -0.3 is 10.1 Å². The zero-order chi connectivity index (χ0) is 10.9. The van der Waals surface area contributed by atoms with Gasteiger partial charge in [-0.15, -0.1) is 0 Å². The van der Waals surface area contributed by atoms with E-state index in [2.05, 4.69) is 26.1 Å². The van der Waals surface area contributed by atoms with Crippen molar-refractivity contribution in [3.8, 4) is 0 Å². The molecule has 2 nitrogen and oxygen atoms in total. The number of morpholine rings is 1. The fraction of sp³-hybridized carbons (Fsp3) is 1.00. The quantitative estimate of drug-likeness (QED) is 0.720. The lowest BCUT2D eigenvalue weighted by Crippen LogP contribution is -2.58. The molecule has 1 aliphatic carbocycles. The third-order valence-corrected chi connectivity index (χ3v) is 4.55. The first-order chi connectivity index (χ1) is 7.14. The van der Waals surface area contributed by atoms with Crippen LogP contribution in [0.15, 0.2) is 0 Å². The Hall–Kier alpha value is -0.0800. The molecule has 1 unspecified atom stereocenters. The minimum Gasteiger partial charge on any atom is -0.372 e. The van der Waals surface area contributed by atoms with Crippen LogP contribution in [0.2, 0.25) is 0 Å². The SMILES string of the molecule is CC(C)C1CCC2(CC1)OCCNC2C. The number of ether oxygens (including phenoxy) is 1. The highest BCUT2D eigenvalue weighted by atomic mass is 16.5. The molecule has 2 fully saturated rings. The molecule has 1 spiro atoms. The van der Waals surface area contributed by atoms with Crippen LogP contribution < -0.4 is 5.32 Å². The Balaban J connectivity index is 1.95. The van der Waals surface area contributed by atoms with Gasteiger partial charge >= 0.3 is 0 Å². The first-order valence-electron chi connectivity index (χ1n) is 6.51. The predicted octanol–water partition coefficient (Wildman–Crippen LogP) is 2.58. The van der Waals surface area contributed by atoms with E-state index in [-0.39, 0.29) is 5.60 Å². The molecule has 2 rings (SSSR count). The fourth-order valence-corrected chi connectivity index (χ4v) is 3.21. The minimum absolute atomic E-state index is 0.170. The predicted molar refractivity (Wildman–Crippen MR) is 62.9 cm³/mol. The zero-order valence-corrected chi connectivity index (χ0v) is 10.4. The second-order valence-electron chi connectivity index (χ2n) is 5.67. The number of nitrogens with one attached hydrogen (secondary N) is 1. The van der Waals surface area contributed by atoms with Crippen LogP contribution in [0.4, 0.5) is 0 Å². The summed E-state index contributed by atoms with van der Waals surface area (Å²) < 4.78 is 6.08. The lowest BCUT2D eigenvalue weighted by molar-refractivity contribution is -0.122. The van der Waals surface area contributed by atoms with Crippen LogP contribution in [0.25, 0.3) is 0 Å². The van der Waals surface area contributed by atoms with Crippen LogP contribution >= 0.6 is 0 Å². The zero-order valence-electron chi connectivity index (χ0n) is 10.4. The summed E-state index contributed by atoms with van der Waals surface area (Å²) in [7, 11) is 0. The van der Waals surface area contributed by atoms with Crippen molar-refractivity contribution in [3.63, 3.8) is 0 Å². The van der Waals surface area contributed by atoms with E-state index in [4.69, 9.17) is 4.74 Å². The van der Waals surface area contributed by atoms with Gasteiger partial charge in [-0.05, 0) is 44.4 Å². The van der Waals surface area contributed by atoms with E-state index in [0.717, 1.165) is 25.0 Å². The third kappa shape index (κ3) is 2.21. The first-order valence-corrected chi connectivity index (χ1v) is 6.51. The monoisotopic (exact) mass is 211 g/mol. The molecule has 1 aliphatic heterocycles. The van der Waals surface area contributed by atoms with Crippen LogP contribution in [0.5, 0.6) is 0 Å². The maximum atomic E-state index is 6.08. The van der Waals surface area contributed by atoms with Gasteiger partial charge in [-0.2, -0.15) is 0 Å². The van der Waals surface area contributed by atoms with E-state index in [0.29, 0.717) is 6.04 Å². The van der Waals surface area contributed by atoms with Gasteiger partial charge in [0.1, 0.15) is 0 Å². The normalized spacial score (nSPS) is 42.4. The standard InChI is InChI=1S/C13H25NO/c1-10(2)12-4-6-13(7-5-12)11(3)14-8-9-15-13/h10-12,14H,4-9H2,1-3H3. The average molecular weight is 211 g/mol. The Morgan fingerprint density at radius 3 is 2.47 bits per heavy atom. The van der Waals surface area contributed by atoms with Crippen LogP contribution in [-0.2, 0) is 4.74 Å². The molecule has 0 aromatic carbocycles. The van der Waals surface area contributed by atoms with Gasteiger partial charge in [0.25, 0.3) is 0 Å². The summed E-state index contributed by atoms with van der Waals surface area (Å²) in [6, 6.07) is 0.541. The maximum absolute atomic E-state index is 6.08. The van der Waals surface area contributed by atoms with Crippen molar-refractivity contribution in [2.75, 3.05) is 13.2 Å². The van der Waals surface area contributed by atoms with Gasteiger partial charge in [-0.1, -0.05) is 13.8 Å². The molecule has 88 valence electrons. The van der Waals surface area contributed by atoms with Gasteiger partial charge in [-0.25, -0.2) is 0 Å². The molecule has 2 aliphatic rings. The van der Waals surface area contributed by atoms with E-state index in [1.165, 1.54) is 25.7 Å². The summed E-state index contributed by atoms with van der Waals surface area (Å²) in [5.41, 5.74) is 0.170. The van der Waals surface area contributed by atoms with Crippen molar-refractivity contribution >= 4 is 0 Å². The van der Waals surface area contributed by atoms with Crippen LogP contribution in [0.3, 0.4) is 0 Å². The molecular formula is C13H25NO. The highest BCUT2D eigenvalue weighted by molar-refractivity contribution is 4.97. The lowest BCUT2D eigenvalue weighted by Gasteiger charge is -2.47. The van der Waals surface area contributed by atoms with Gasteiger partial charge in [0.15, 0.2) is 0 Å². The molecule has 15 heavy (non-hydrogen) atoms. The molecule has 0 radical (unpaired) electrons. The molecule has 1 atom stereocenters. The second kappa shape index (κ2) is 4.42. The van der Waals surface area contributed by atoms with E-state index in [1.807, 2.05) is 0 Å². The molecule has 0 aromatic rings. The van der Waals surface area contributed by atoms with Crippen molar-refractivity contribution in [1.29, 1.82) is 0 Å². The fourth-order valence-electron chi connectivity index (χ4n) is 3.21. The van der Waals surface area contributed by atoms with Gasteiger partial charge in [0.2, 0.25) is 0 Å². The summed E-state index contributed by atoms with van der Waals surface area (Å²) in [5, 5.41) is 3.56. The average Bonchev–Trinajstić information content (AvgIpc) is 2.23. The highest BCUT2D eigenvalue weighted by Gasteiger charge is 2.42. The van der Waals surface area contributed by atoms with E-state index >= 15 is 0 Å². The molecule has 1 heterocycles. The maximum Gasteiger partial charge on any atom is 0.0832 e. The smallest absolute Gasteiger partial charge is 0.0832 e. The van der Waals surface area contributed by atoms with Crippen molar-refractivity contribution in [2.45, 2.75) is 58.1 Å². The molecule has 1 saturated carbocycles. The Morgan fingerprint density at radius 2 is 1.93 bits per heavy atom. The number of rotatable bonds is 1.